The highest BCUT2D eigenvalue weighted by Crippen LogP contribution is 2.38. The number of benzene rings is 4. The first-order chi connectivity index (χ1) is 12.4. The van der Waals surface area contributed by atoms with E-state index in [0.717, 1.165) is 27.5 Å². The van der Waals surface area contributed by atoms with Crippen LogP contribution in [0.1, 0.15) is 0 Å². The molecule has 6 rings (SSSR count). The summed E-state index contributed by atoms with van der Waals surface area (Å²) in [4.78, 5) is 4.70. The van der Waals surface area contributed by atoms with Gasteiger partial charge < -0.3 is 4.42 Å². The second-order valence-electron chi connectivity index (χ2n) is 6.44. The number of fused-ring (bicyclic) bond motifs is 9. The van der Waals surface area contributed by atoms with Crippen molar-refractivity contribution < 1.29 is 4.42 Å². The Hall–Kier alpha value is -3.39. The fourth-order valence-corrected chi connectivity index (χ4v) is 3.98. The van der Waals surface area contributed by atoms with Gasteiger partial charge in [-0.15, -0.1) is 0 Å². The maximum atomic E-state index is 6.10. The zero-order valence-corrected chi connectivity index (χ0v) is 13.4. The van der Waals surface area contributed by atoms with Crippen LogP contribution in [0.15, 0.2) is 83.4 Å². The molecule has 0 aliphatic heterocycles. The molecule has 0 saturated carbocycles. The van der Waals surface area contributed by atoms with Gasteiger partial charge in [0.15, 0.2) is 0 Å². The van der Waals surface area contributed by atoms with E-state index in [9.17, 15) is 0 Å². The topological polar surface area (TPSA) is 26.0 Å². The average Bonchev–Trinajstić information content (AvgIpc) is 3.04. The molecule has 0 bridgehead atoms. The van der Waals surface area contributed by atoms with Crippen LogP contribution in [0.3, 0.4) is 0 Å². The summed E-state index contributed by atoms with van der Waals surface area (Å²) < 4.78 is 6.10. The van der Waals surface area contributed by atoms with Crippen LogP contribution in [0.5, 0.6) is 0 Å². The molecule has 25 heavy (non-hydrogen) atoms. The number of nitrogens with zero attached hydrogens (tertiary/aromatic N) is 1. The monoisotopic (exact) mass is 319 g/mol. The molecule has 0 fully saturated rings. The van der Waals surface area contributed by atoms with Gasteiger partial charge in [-0.2, -0.15) is 0 Å². The highest BCUT2D eigenvalue weighted by Gasteiger charge is 2.13. The molecule has 0 amide bonds. The third-order valence-corrected chi connectivity index (χ3v) is 5.09. The van der Waals surface area contributed by atoms with Crippen LogP contribution in [0, 0.1) is 0 Å². The van der Waals surface area contributed by atoms with Crippen LogP contribution in [0.25, 0.3) is 54.4 Å². The molecule has 4 aromatic carbocycles. The molecule has 6 aromatic rings. The Labute approximate surface area is 143 Å². The Morgan fingerprint density at radius 3 is 2.12 bits per heavy atom. The van der Waals surface area contributed by atoms with E-state index in [1.807, 2.05) is 24.4 Å². The normalized spacial score (nSPS) is 12.0. The standard InChI is InChI=1S/C23H13NO/c1-2-7-15-14(6-1)17-9-5-11-24-23(17)20-12-19-16-8-3-4-10-21(16)25-22(19)13-18(15)20/h1-13H. The van der Waals surface area contributed by atoms with E-state index < -0.39 is 0 Å². The van der Waals surface area contributed by atoms with Gasteiger partial charge in [-0.3, -0.25) is 4.98 Å². The lowest BCUT2D eigenvalue weighted by Crippen LogP contribution is -1.85. The number of aromatic nitrogens is 1. The first-order valence-corrected chi connectivity index (χ1v) is 8.40. The van der Waals surface area contributed by atoms with Crippen LogP contribution in [0.4, 0.5) is 0 Å². The molecule has 0 aliphatic rings. The molecule has 0 spiro atoms. The predicted molar refractivity (Wildman–Crippen MR) is 104 cm³/mol. The van der Waals surface area contributed by atoms with Gasteiger partial charge in [0, 0.05) is 27.7 Å². The number of hydrogen-bond donors (Lipinski definition) is 0. The lowest BCUT2D eigenvalue weighted by atomic mass is 9.96. The van der Waals surface area contributed by atoms with Crippen molar-refractivity contribution in [2.75, 3.05) is 0 Å². The van der Waals surface area contributed by atoms with E-state index in [-0.39, 0.29) is 0 Å². The molecular formula is C23H13NO. The molecule has 2 heteroatoms. The van der Waals surface area contributed by atoms with E-state index >= 15 is 0 Å². The largest absolute Gasteiger partial charge is 0.456 e. The molecule has 0 unspecified atom stereocenters. The van der Waals surface area contributed by atoms with Crippen molar-refractivity contribution in [2.45, 2.75) is 0 Å². The minimum Gasteiger partial charge on any atom is -0.456 e. The van der Waals surface area contributed by atoms with Gasteiger partial charge in [0.1, 0.15) is 11.2 Å². The van der Waals surface area contributed by atoms with Crippen molar-refractivity contribution in [1.82, 2.24) is 4.98 Å². The summed E-state index contributed by atoms with van der Waals surface area (Å²) in [6.45, 7) is 0. The van der Waals surface area contributed by atoms with Crippen LogP contribution >= 0.6 is 0 Å². The Morgan fingerprint density at radius 2 is 1.24 bits per heavy atom. The minimum atomic E-state index is 0.925. The second kappa shape index (κ2) is 4.58. The Bertz CT molecular complexity index is 1440. The van der Waals surface area contributed by atoms with Crippen molar-refractivity contribution in [3.05, 3.63) is 79.0 Å². The summed E-state index contributed by atoms with van der Waals surface area (Å²) in [5.74, 6) is 0. The molecule has 2 aromatic heterocycles. The van der Waals surface area contributed by atoms with Crippen molar-refractivity contribution >= 4 is 54.4 Å². The van der Waals surface area contributed by atoms with Gasteiger partial charge in [0.25, 0.3) is 0 Å². The molecule has 116 valence electrons. The molecular weight excluding hydrogens is 306 g/mol. The van der Waals surface area contributed by atoms with Crippen LogP contribution < -0.4 is 0 Å². The van der Waals surface area contributed by atoms with Gasteiger partial charge in [0.2, 0.25) is 0 Å². The lowest BCUT2D eigenvalue weighted by Gasteiger charge is -2.09. The average molecular weight is 319 g/mol. The fourth-order valence-electron chi connectivity index (χ4n) is 3.98. The third-order valence-electron chi connectivity index (χ3n) is 5.09. The first-order valence-electron chi connectivity index (χ1n) is 8.40. The number of para-hydroxylation sites is 1. The predicted octanol–water partition coefficient (Wildman–Crippen LogP) is 6.44. The molecule has 0 N–H and O–H groups in total. The fraction of sp³-hybridized carbons (Fsp3) is 0. The maximum absolute atomic E-state index is 6.10. The molecule has 0 radical (unpaired) electrons. The molecule has 0 aliphatic carbocycles. The number of furan rings is 1. The van der Waals surface area contributed by atoms with Crippen molar-refractivity contribution in [3.8, 4) is 0 Å². The van der Waals surface area contributed by atoms with E-state index in [1.165, 1.54) is 26.9 Å². The van der Waals surface area contributed by atoms with Crippen LogP contribution in [-0.2, 0) is 0 Å². The number of hydrogen-bond acceptors (Lipinski definition) is 2. The summed E-state index contributed by atoms with van der Waals surface area (Å²) in [5, 5.41) is 8.32. The third kappa shape index (κ3) is 1.66. The van der Waals surface area contributed by atoms with Gasteiger partial charge in [-0.05, 0) is 40.4 Å². The molecule has 2 heterocycles. The number of pyridine rings is 1. The highest BCUT2D eigenvalue weighted by atomic mass is 16.3. The van der Waals surface area contributed by atoms with Gasteiger partial charge in [0.05, 0.1) is 5.52 Å². The second-order valence-corrected chi connectivity index (χ2v) is 6.44. The Kier molecular flexibility index (Phi) is 2.37. The van der Waals surface area contributed by atoms with E-state index in [1.54, 1.807) is 0 Å². The minimum absolute atomic E-state index is 0.925. The molecule has 0 saturated heterocycles. The quantitative estimate of drug-likeness (QED) is 0.301. The van der Waals surface area contributed by atoms with Crippen LogP contribution in [-0.4, -0.2) is 4.98 Å². The summed E-state index contributed by atoms with van der Waals surface area (Å²) in [6.07, 6.45) is 1.87. The van der Waals surface area contributed by atoms with Crippen molar-refractivity contribution in [1.29, 1.82) is 0 Å². The summed E-state index contributed by atoms with van der Waals surface area (Å²) >= 11 is 0. The summed E-state index contributed by atoms with van der Waals surface area (Å²) in [5.41, 5.74) is 2.90. The Balaban J connectivity index is 1.96. The molecule has 0 atom stereocenters. The zero-order valence-electron chi connectivity index (χ0n) is 13.4. The SMILES string of the molecule is c1ccc2c(c1)oc1cc3c4ccccc4c4cccnc4c3cc12. The maximum Gasteiger partial charge on any atom is 0.136 e. The van der Waals surface area contributed by atoms with Crippen LogP contribution in [0.2, 0.25) is 0 Å². The lowest BCUT2D eigenvalue weighted by molar-refractivity contribution is 0.669. The van der Waals surface area contributed by atoms with Crippen molar-refractivity contribution in [2.24, 2.45) is 0 Å². The number of rotatable bonds is 0. The molecule has 2 nitrogen and oxygen atoms in total. The van der Waals surface area contributed by atoms with Gasteiger partial charge in [-0.1, -0.05) is 48.5 Å². The van der Waals surface area contributed by atoms with E-state index in [4.69, 9.17) is 9.40 Å². The van der Waals surface area contributed by atoms with E-state index in [0.29, 0.717) is 0 Å². The Morgan fingerprint density at radius 1 is 0.520 bits per heavy atom. The van der Waals surface area contributed by atoms with Crippen molar-refractivity contribution in [3.63, 3.8) is 0 Å². The zero-order chi connectivity index (χ0) is 16.4. The summed E-state index contributed by atoms with van der Waals surface area (Å²) in [7, 11) is 0. The summed E-state index contributed by atoms with van der Waals surface area (Å²) in [6, 6.07) is 25.3. The smallest absolute Gasteiger partial charge is 0.136 e. The van der Waals surface area contributed by atoms with E-state index in [2.05, 4.69) is 54.6 Å². The van der Waals surface area contributed by atoms with Gasteiger partial charge >= 0.3 is 0 Å². The van der Waals surface area contributed by atoms with Gasteiger partial charge in [-0.25, -0.2) is 0 Å². The highest BCUT2D eigenvalue weighted by molar-refractivity contribution is 6.27. The first kappa shape index (κ1) is 13.0.